The number of hydrogen-bond acceptors (Lipinski definition) is 2. The molecule has 2 nitrogen and oxygen atoms in total. The van der Waals surface area contributed by atoms with Crippen LogP contribution in [-0.4, -0.2) is 6.04 Å². The summed E-state index contributed by atoms with van der Waals surface area (Å²) >= 11 is 9.38. The van der Waals surface area contributed by atoms with Gasteiger partial charge in [-0.25, -0.2) is 0 Å². The van der Waals surface area contributed by atoms with Crippen molar-refractivity contribution in [1.82, 2.24) is 5.32 Å². The molecule has 0 bridgehead atoms. The summed E-state index contributed by atoms with van der Waals surface area (Å²) in [6.45, 7) is 4.97. The van der Waals surface area contributed by atoms with E-state index in [1.54, 1.807) is 0 Å². The highest BCUT2D eigenvalue weighted by Gasteiger charge is 2.07. The highest BCUT2D eigenvalue weighted by atomic mass is 79.9. The van der Waals surface area contributed by atoms with E-state index in [0.717, 1.165) is 28.1 Å². The van der Waals surface area contributed by atoms with E-state index in [-0.39, 0.29) is 0 Å². The van der Waals surface area contributed by atoms with Crippen molar-refractivity contribution >= 4 is 27.5 Å². The number of rotatable bonds is 4. The summed E-state index contributed by atoms with van der Waals surface area (Å²) in [7, 11) is 0. The maximum absolute atomic E-state index is 5.97. The van der Waals surface area contributed by atoms with Crippen LogP contribution in [0.1, 0.15) is 19.6 Å². The van der Waals surface area contributed by atoms with Gasteiger partial charge in [0.25, 0.3) is 0 Å². The van der Waals surface area contributed by atoms with Crippen molar-refractivity contribution in [2.75, 3.05) is 0 Å². The van der Waals surface area contributed by atoms with E-state index in [1.807, 2.05) is 30.3 Å². The van der Waals surface area contributed by atoms with E-state index in [2.05, 4.69) is 35.1 Å². The third-order valence-electron chi connectivity index (χ3n) is 2.55. The van der Waals surface area contributed by atoms with Crippen LogP contribution in [0.15, 0.2) is 39.2 Å². The lowest BCUT2D eigenvalue weighted by atomic mass is 10.2. The second kappa shape index (κ2) is 5.91. The molecule has 1 aromatic heterocycles. The van der Waals surface area contributed by atoms with Gasteiger partial charge >= 0.3 is 0 Å². The van der Waals surface area contributed by atoms with Gasteiger partial charge in [0.1, 0.15) is 11.5 Å². The lowest BCUT2D eigenvalue weighted by Gasteiger charge is -2.05. The van der Waals surface area contributed by atoms with E-state index in [4.69, 9.17) is 16.0 Å². The minimum Gasteiger partial charge on any atom is -0.460 e. The molecule has 2 rings (SSSR count). The van der Waals surface area contributed by atoms with Gasteiger partial charge in [-0.05, 0) is 46.3 Å². The molecule has 0 radical (unpaired) electrons. The fourth-order valence-electron chi connectivity index (χ4n) is 1.58. The lowest BCUT2D eigenvalue weighted by molar-refractivity contribution is 0.473. The van der Waals surface area contributed by atoms with Crippen molar-refractivity contribution in [3.05, 3.63) is 45.6 Å². The maximum atomic E-state index is 5.97. The maximum Gasteiger partial charge on any atom is 0.134 e. The first kappa shape index (κ1) is 13.7. The summed E-state index contributed by atoms with van der Waals surface area (Å²) in [6.07, 6.45) is 0. The van der Waals surface area contributed by atoms with Gasteiger partial charge in [0.2, 0.25) is 0 Å². The largest absolute Gasteiger partial charge is 0.460 e. The first-order valence-electron chi connectivity index (χ1n) is 5.84. The molecule has 0 atom stereocenters. The second-order valence-corrected chi connectivity index (χ2v) is 5.69. The summed E-state index contributed by atoms with van der Waals surface area (Å²) in [5.41, 5.74) is 1.02. The number of nitrogens with one attached hydrogen (secondary N) is 1. The van der Waals surface area contributed by atoms with E-state index < -0.39 is 0 Å². The number of hydrogen-bond donors (Lipinski definition) is 1. The molecule has 0 saturated heterocycles. The quantitative estimate of drug-likeness (QED) is 0.867. The Morgan fingerprint density at radius 1 is 1.28 bits per heavy atom. The average Bonchev–Trinajstić information content (AvgIpc) is 2.79. The molecular formula is C14H15BrClNO. The van der Waals surface area contributed by atoms with E-state index in [9.17, 15) is 0 Å². The molecule has 0 amide bonds. The molecule has 0 aliphatic carbocycles. The van der Waals surface area contributed by atoms with Crippen LogP contribution in [0.3, 0.4) is 0 Å². The van der Waals surface area contributed by atoms with Crippen LogP contribution in [0, 0.1) is 0 Å². The topological polar surface area (TPSA) is 25.2 Å². The molecule has 0 saturated carbocycles. The van der Waals surface area contributed by atoms with Crippen LogP contribution in [0.5, 0.6) is 0 Å². The SMILES string of the molecule is CC(C)NCc1ccc(-c2ccc(Cl)c(Br)c2)o1. The van der Waals surface area contributed by atoms with Crippen molar-refractivity contribution in [2.45, 2.75) is 26.4 Å². The minimum absolute atomic E-state index is 0.447. The summed E-state index contributed by atoms with van der Waals surface area (Å²) in [5.74, 6) is 1.79. The molecule has 0 fully saturated rings. The summed E-state index contributed by atoms with van der Waals surface area (Å²) in [6, 6.07) is 10.2. The van der Waals surface area contributed by atoms with Crippen LogP contribution in [-0.2, 0) is 6.54 Å². The molecule has 0 aliphatic rings. The Bertz CT molecular complexity index is 536. The monoisotopic (exact) mass is 327 g/mol. The smallest absolute Gasteiger partial charge is 0.134 e. The van der Waals surface area contributed by atoms with Crippen LogP contribution >= 0.6 is 27.5 Å². The average molecular weight is 329 g/mol. The Labute approximate surface area is 120 Å². The molecule has 1 aromatic carbocycles. The number of furan rings is 1. The molecule has 0 unspecified atom stereocenters. The normalized spacial score (nSPS) is 11.2. The van der Waals surface area contributed by atoms with Crippen LogP contribution in [0.4, 0.5) is 0 Å². The summed E-state index contributed by atoms with van der Waals surface area (Å²) < 4.78 is 6.66. The zero-order valence-corrected chi connectivity index (χ0v) is 12.7. The Balaban J connectivity index is 2.16. The van der Waals surface area contributed by atoms with Crippen molar-refractivity contribution in [1.29, 1.82) is 0 Å². The molecule has 2 aromatic rings. The molecular weight excluding hydrogens is 314 g/mol. The fourth-order valence-corrected chi connectivity index (χ4v) is 2.08. The standard InChI is InChI=1S/C14H15BrClNO/c1-9(2)17-8-11-4-6-14(18-11)10-3-5-13(16)12(15)7-10/h3-7,9,17H,8H2,1-2H3. The van der Waals surface area contributed by atoms with Gasteiger partial charge in [-0.1, -0.05) is 25.4 Å². The predicted molar refractivity (Wildman–Crippen MR) is 78.8 cm³/mol. The van der Waals surface area contributed by atoms with Crippen molar-refractivity contribution in [2.24, 2.45) is 0 Å². The van der Waals surface area contributed by atoms with Crippen molar-refractivity contribution in [3.8, 4) is 11.3 Å². The Morgan fingerprint density at radius 2 is 2.06 bits per heavy atom. The van der Waals surface area contributed by atoms with Gasteiger partial charge in [0, 0.05) is 16.1 Å². The molecule has 1 heterocycles. The van der Waals surface area contributed by atoms with Gasteiger partial charge in [0.05, 0.1) is 11.6 Å². The second-order valence-electron chi connectivity index (χ2n) is 4.43. The molecule has 1 N–H and O–H groups in total. The van der Waals surface area contributed by atoms with Gasteiger partial charge in [0.15, 0.2) is 0 Å². The molecule has 0 aliphatic heterocycles. The third-order valence-corrected chi connectivity index (χ3v) is 3.76. The minimum atomic E-state index is 0.447. The molecule has 96 valence electrons. The molecule has 4 heteroatoms. The highest BCUT2D eigenvalue weighted by molar-refractivity contribution is 9.10. The van der Waals surface area contributed by atoms with Gasteiger partial charge in [-0.2, -0.15) is 0 Å². The van der Waals surface area contributed by atoms with Crippen LogP contribution in [0.2, 0.25) is 5.02 Å². The summed E-state index contributed by atoms with van der Waals surface area (Å²) in [4.78, 5) is 0. The molecule has 0 spiro atoms. The fraction of sp³-hybridized carbons (Fsp3) is 0.286. The zero-order valence-electron chi connectivity index (χ0n) is 10.3. The predicted octanol–water partition coefficient (Wildman–Crippen LogP) is 4.86. The first-order chi connectivity index (χ1) is 8.56. The number of benzene rings is 1. The van der Waals surface area contributed by atoms with E-state index >= 15 is 0 Å². The Hall–Kier alpha value is -0.770. The summed E-state index contributed by atoms with van der Waals surface area (Å²) in [5, 5.41) is 4.02. The highest BCUT2D eigenvalue weighted by Crippen LogP contribution is 2.29. The molecule has 18 heavy (non-hydrogen) atoms. The zero-order chi connectivity index (χ0) is 13.1. The first-order valence-corrected chi connectivity index (χ1v) is 7.01. The van der Waals surface area contributed by atoms with E-state index in [1.165, 1.54) is 0 Å². The van der Waals surface area contributed by atoms with Gasteiger partial charge < -0.3 is 9.73 Å². The lowest BCUT2D eigenvalue weighted by Crippen LogP contribution is -2.21. The van der Waals surface area contributed by atoms with E-state index in [0.29, 0.717) is 11.1 Å². The third kappa shape index (κ3) is 3.37. The van der Waals surface area contributed by atoms with Gasteiger partial charge in [-0.3, -0.25) is 0 Å². The van der Waals surface area contributed by atoms with Gasteiger partial charge in [-0.15, -0.1) is 0 Å². The van der Waals surface area contributed by atoms with Crippen molar-refractivity contribution < 1.29 is 4.42 Å². The number of halogens is 2. The Morgan fingerprint density at radius 3 is 2.72 bits per heavy atom. The van der Waals surface area contributed by atoms with Crippen molar-refractivity contribution in [3.63, 3.8) is 0 Å². The van der Waals surface area contributed by atoms with Crippen LogP contribution < -0.4 is 5.32 Å². The Kier molecular flexibility index (Phi) is 4.49. The van der Waals surface area contributed by atoms with Crippen LogP contribution in [0.25, 0.3) is 11.3 Å².